The van der Waals surface area contributed by atoms with Gasteiger partial charge in [0.2, 0.25) is 10.0 Å². The molecule has 1 aromatic carbocycles. The molecule has 132 valence electrons. The van der Waals surface area contributed by atoms with Gasteiger partial charge in [0.05, 0.1) is 11.8 Å². The van der Waals surface area contributed by atoms with Crippen LogP contribution in [0.2, 0.25) is 0 Å². The molecule has 1 fully saturated rings. The second-order valence-electron chi connectivity index (χ2n) is 5.27. The highest BCUT2D eigenvalue weighted by Gasteiger charge is 2.36. The van der Waals surface area contributed by atoms with Gasteiger partial charge in [-0.1, -0.05) is 12.1 Å². The van der Waals surface area contributed by atoms with Gasteiger partial charge in [-0.2, -0.15) is 8.78 Å². The molecule has 1 aromatic rings. The average molecular weight is 362 g/mol. The van der Waals surface area contributed by atoms with Crippen molar-refractivity contribution < 1.29 is 31.5 Å². The summed E-state index contributed by atoms with van der Waals surface area (Å²) in [6.45, 7) is -2.88. The van der Waals surface area contributed by atoms with Gasteiger partial charge in [0, 0.05) is 6.54 Å². The molecule has 2 amide bonds. The molecule has 0 aliphatic carbocycles. The van der Waals surface area contributed by atoms with Crippen LogP contribution >= 0.6 is 0 Å². The van der Waals surface area contributed by atoms with Crippen LogP contribution < -0.4 is 9.46 Å². The number of para-hydroxylation sites is 1. The van der Waals surface area contributed by atoms with E-state index in [0.717, 1.165) is 11.2 Å². The van der Waals surface area contributed by atoms with Crippen LogP contribution in [0.4, 0.5) is 8.78 Å². The maximum atomic E-state index is 12.6. The van der Waals surface area contributed by atoms with Crippen molar-refractivity contribution in [3.8, 4) is 5.75 Å². The Labute approximate surface area is 137 Å². The van der Waals surface area contributed by atoms with Gasteiger partial charge in [-0.3, -0.25) is 14.3 Å². The number of carbonyl (C=O) groups excluding carboxylic acids is 2. The van der Waals surface area contributed by atoms with Gasteiger partial charge in [0.25, 0.3) is 11.8 Å². The lowest BCUT2D eigenvalue weighted by molar-refractivity contribution is -0.123. The highest BCUT2D eigenvalue weighted by atomic mass is 32.2. The smallest absolute Gasteiger partial charge is 0.387 e. The van der Waals surface area contributed by atoms with Gasteiger partial charge in [-0.05, 0) is 25.0 Å². The second kappa shape index (κ2) is 7.12. The summed E-state index contributed by atoms with van der Waals surface area (Å²) in [4.78, 5) is 25.8. The summed E-state index contributed by atoms with van der Waals surface area (Å²) < 4.78 is 53.4. The monoisotopic (exact) mass is 362 g/mol. The SMILES string of the molecule is CS(=O)(=O)NC(=O)C1CCCN1C(=O)c1ccccc1OC(F)F. The van der Waals surface area contributed by atoms with E-state index in [4.69, 9.17) is 0 Å². The maximum Gasteiger partial charge on any atom is 0.387 e. The van der Waals surface area contributed by atoms with E-state index in [0.29, 0.717) is 6.42 Å². The number of likely N-dealkylation sites (tertiary alicyclic amines) is 1. The largest absolute Gasteiger partial charge is 0.434 e. The number of sulfonamides is 1. The van der Waals surface area contributed by atoms with E-state index in [1.54, 1.807) is 0 Å². The van der Waals surface area contributed by atoms with Gasteiger partial charge < -0.3 is 9.64 Å². The van der Waals surface area contributed by atoms with Crippen LogP contribution in [0.25, 0.3) is 0 Å². The van der Waals surface area contributed by atoms with Gasteiger partial charge in [0.15, 0.2) is 0 Å². The van der Waals surface area contributed by atoms with Crippen molar-refractivity contribution in [2.45, 2.75) is 25.5 Å². The molecule has 0 bridgehead atoms. The topological polar surface area (TPSA) is 92.8 Å². The van der Waals surface area contributed by atoms with Gasteiger partial charge >= 0.3 is 6.61 Å². The Kier molecular flexibility index (Phi) is 5.37. The number of nitrogens with zero attached hydrogens (tertiary/aromatic N) is 1. The summed E-state index contributed by atoms with van der Waals surface area (Å²) in [7, 11) is -3.76. The molecule has 1 heterocycles. The summed E-state index contributed by atoms with van der Waals surface area (Å²) in [5.41, 5.74) is -0.114. The van der Waals surface area contributed by atoms with Crippen LogP contribution in [0, 0.1) is 0 Å². The molecule has 24 heavy (non-hydrogen) atoms. The molecule has 0 aromatic heterocycles. The number of amides is 2. The fourth-order valence-corrected chi connectivity index (χ4v) is 3.03. The van der Waals surface area contributed by atoms with E-state index in [9.17, 15) is 26.8 Å². The number of hydrogen-bond donors (Lipinski definition) is 1. The minimum atomic E-state index is -3.76. The molecule has 0 saturated carbocycles. The normalized spacial score (nSPS) is 17.8. The second-order valence-corrected chi connectivity index (χ2v) is 7.02. The first kappa shape index (κ1) is 18.1. The standard InChI is InChI=1S/C14H16F2N2O5S/c1-24(21,22)17-12(19)10-6-4-8-18(10)13(20)9-5-2-3-7-11(9)23-14(15)16/h2-3,5,7,10,14H,4,6,8H2,1H3,(H,17,19). The quantitative estimate of drug-likeness (QED) is 0.843. The van der Waals surface area contributed by atoms with Crippen molar-refractivity contribution in [2.24, 2.45) is 0 Å². The number of benzene rings is 1. The molecule has 1 N–H and O–H groups in total. The molecule has 1 atom stereocenters. The number of halogens is 2. The minimum Gasteiger partial charge on any atom is -0.434 e. The lowest BCUT2D eigenvalue weighted by atomic mass is 10.1. The van der Waals surface area contributed by atoms with E-state index in [1.165, 1.54) is 24.3 Å². The van der Waals surface area contributed by atoms with E-state index in [2.05, 4.69) is 4.74 Å². The Morgan fingerprint density at radius 2 is 2.00 bits per heavy atom. The zero-order chi connectivity index (χ0) is 17.9. The van der Waals surface area contributed by atoms with Crippen LogP contribution in [0.5, 0.6) is 5.75 Å². The van der Waals surface area contributed by atoms with Gasteiger partial charge in [0.1, 0.15) is 11.8 Å². The number of hydrogen-bond acceptors (Lipinski definition) is 5. The summed E-state index contributed by atoms with van der Waals surface area (Å²) in [6.07, 6.45) is 1.61. The third-order valence-corrected chi connectivity index (χ3v) is 4.01. The van der Waals surface area contributed by atoms with E-state index in [-0.39, 0.29) is 24.3 Å². The molecule has 0 spiro atoms. The Morgan fingerprint density at radius 1 is 1.33 bits per heavy atom. The fraction of sp³-hybridized carbons (Fsp3) is 0.429. The van der Waals surface area contributed by atoms with Crippen LogP contribution in [-0.4, -0.2) is 50.6 Å². The van der Waals surface area contributed by atoms with E-state index >= 15 is 0 Å². The first-order chi connectivity index (χ1) is 11.2. The molecule has 7 nitrogen and oxygen atoms in total. The van der Waals surface area contributed by atoms with Crippen molar-refractivity contribution in [3.05, 3.63) is 29.8 Å². The predicted octanol–water partition coefficient (Wildman–Crippen LogP) is 0.968. The molecule has 1 aliphatic rings. The Hall–Kier alpha value is -2.23. The zero-order valence-electron chi connectivity index (χ0n) is 12.7. The summed E-state index contributed by atoms with van der Waals surface area (Å²) >= 11 is 0. The van der Waals surface area contributed by atoms with Crippen molar-refractivity contribution >= 4 is 21.8 Å². The number of nitrogens with one attached hydrogen (secondary N) is 1. The highest BCUT2D eigenvalue weighted by molar-refractivity contribution is 7.89. The average Bonchev–Trinajstić information content (AvgIpc) is 2.94. The molecule has 2 rings (SSSR count). The van der Waals surface area contributed by atoms with Crippen LogP contribution in [0.3, 0.4) is 0 Å². The number of alkyl halides is 2. The first-order valence-electron chi connectivity index (χ1n) is 7.05. The Bertz CT molecular complexity index is 738. The van der Waals surface area contributed by atoms with Crippen LogP contribution in [-0.2, 0) is 14.8 Å². The van der Waals surface area contributed by atoms with E-state index < -0.39 is 34.5 Å². The Morgan fingerprint density at radius 3 is 2.62 bits per heavy atom. The first-order valence-corrected chi connectivity index (χ1v) is 8.94. The zero-order valence-corrected chi connectivity index (χ0v) is 13.6. The van der Waals surface area contributed by atoms with Gasteiger partial charge in [-0.15, -0.1) is 0 Å². The number of ether oxygens (including phenoxy) is 1. The molecule has 10 heteroatoms. The lowest BCUT2D eigenvalue weighted by Crippen LogP contribution is -2.47. The summed E-state index contributed by atoms with van der Waals surface area (Å²) in [5.74, 6) is -1.79. The van der Waals surface area contributed by atoms with Crippen molar-refractivity contribution in [3.63, 3.8) is 0 Å². The van der Waals surface area contributed by atoms with Crippen LogP contribution in [0.1, 0.15) is 23.2 Å². The maximum absolute atomic E-state index is 12.6. The fourth-order valence-electron chi connectivity index (χ4n) is 2.53. The number of carbonyl (C=O) groups is 2. The third-order valence-electron chi connectivity index (χ3n) is 3.44. The van der Waals surface area contributed by atoms with Crippen molar-refractivity contribution in [1.29, 1.82) is 0 Å². The molecular formula is C14H16F2N2O5S. The molecular weight excluding hydrogens is 346 g/mol. The Balaban J connectivity index is 2.24. The lowest BCUT2D eigenvalue weighted by Gasteiger charge is -2.24. The van der Waals surface area contributed by atoms with Gasteiger partial charge in [-0.25, -0.2) is 8.42 Å². The minimum absolute atomic E-state index is 0.114. The van der Waals surface area contributed by atoms with Crippen molar-refractivity contribution in [1.82, 2.24) is 9.62 Å². The van der Waals surface area contributed by atoms with E-state index in [1.807, 2.05) is 4.72 Å². The molecule has 1 saturated heterocycles. The predicted molar refractivity (Wildman–Crippen MR) is 80.1 cm³/mol. The molecule has 1 unspecified atom stereocenters. The highest BCUT2D eigenvalue weighted by Crippen LogP contribution is 2.26. The third kappa shape index (κ3) is 4.40. The number of rotatable bonds is 5. The summed E-state index contributed by atoms with van der Waals surface area (Å²) in [5, 5.41) is 0. The molecule has 1 aliphatic heterocycles. The molecule has 0 radical (unpaired) electrons. The summed E-state index contributed by atoms with van der Waals surface area (Å²) in [6, 6.07) is 4.47. The van der Waals surface area contributed by atoms with Crippen LogP contribution in [0.15, 0.2) is 24.3 Å². The van der Waals surface area contributed by atoms with Crippen molar-refractivity contribution in [2.75, 3.05) is 12.8 Å².